The lowest BCUT2D eigenvalue weighted by atomic mass is 9.83. The number of ether oxygens (including phenoxy) is 1. The Morgan fingerprint density at radius 1 is 0.814 bits per heavy atom. The number of H-pyrrole nitrogens is 1. The molecule has 5 aliphatic rings. The van der Waals surface area contributed by atoms with Crippen LogP contribution in [0.1, 0.15) is 92.2 Å². The van der Waals surface area contributed by atoms with Gasteiger partial charge in [-0.2, -0.15) is 5.10 Å². The lowest BCUT2D eigenvalue weighted by molar-refractivity contribution is -0.143. The van der Waals surface area contributed by atoms with Gasteiger partial charge in [-0.15, -0.1) is 0 Å². The lowest BCUT2D eigenvalue weighted by Crippen LogP contribution is -2.56. The number of nitrogens with one attached hydrogen (secondary N) is 2. The Labute approximate surface area is 342 Å². The van der Waals surface area contributed by atoms with Crippen LogP contribution >= 0.6 is 0 Å². The van der Waals surface area contributed by atoms with Crippen LogP contribution in [0.3, 0.4) is 0 Å². The molecule has 0 spiro atoms. The molecular formula is C44H55F2N7O6. The Morgan fingerprint density at radius 2 is 1.46 bits per heavy atom. The lowest BCUT2D eigenvalue weighted by Gasteiger charge is -2.40. The standard InChI is InChI=1S/C44H55F2N7O6/c45-36-11-10-29(27-37-33-8-4-5-9-34(33)40(55)49-48-37)26-35(36)41(56)53-24-22-51(23-25-53)38(54)28-50-18-12-31(13-19-50)59-32-14-20-52(21-15-32)42(57)39(30-6-2-1-3-7-30)47-43(58)44(46)16-17-44/h4-5,8-11,26,30-32,39H,1-3,6-7,12-25,27-28H2,(H,47,58)(H,49,55)/t39-/m1/s1. The van der Waals surface area contributed by atoms with Gasteiger partial charge in [0.15, 0.2) is 5.67 Å². The van der Waals surface area contributed by atoms with Gasteiger partial charge < -0.3 is 24.8 Å². The maximum atomic E-state index is 15.0. The number of hydrogen-bond donors (Lipinski definition) is 2. The van der Waals surface area contributed by atoms with E-state index in [1.54, 1.807) is 34.1 Å². The maximum Gasteiger partial charge on any atom is 0.272 e. The van der Waals surface area contributed by atoms with Gasteiger partial charge in [0.1, 0.15) is 11.9 Å². The van der Waals surface area contributed by atoms with Crippen molar-refractivity contribution in [3.8, 4) is 0 Å². The van der Waals surface area contributed by atoms with E-state index < -0.39 is 29.3 Å². The Morgan fingerprint density at radius 3 is 2.14 bits per heavy atom. The largest absolute Gasteiger partial charge is 0.375 e. The number of hydrogen-bond acceptors (Lipinski definition) is 8. The molecule has 2 saturated carbocycles. The zero-order chi connectivity index (χ0) is 41.1. The highest BCUT2D eigenvalue weighted by Gasteiger charge is 2.52. The molecule has 0 unspecified atom stereocenters. The SMILES string of the molecule is O=C(CN1CCC(OC2CCN(C(=O)[C@H](NC(=O)C3(F)CC3)C3CCCCC3)CC2)CC1)N1CCN(C(=O)c2cc(Cc3n[nH]c(=O)c4ccccc34)ccc2F)CC1. The van der Waals surface area contributed by atoms with Gasteiger partial charge in [0.25, 0.3) is 17.4 Å². The Bertz CT molecular complexity index is 2080. The predicted molar refractivity (Wildman–Crippen MR) is 216 cm³/mol. The summed E-state index contributed by atoms with van der Waals surface area (Å²) in [5.74, 6) is -1.71. The topological polar surface area (TPSA) is 148 Å². The van der Waals surface area contributed by atoms with E-state index in [1.807, 2.05) is 17.0 Å². The predicted octanol–water partition coefficient (Wildman–Crippen LogP) is 3.98. The van der Waals surface area contributed by atoms with Crippen LogP contribution in [0, 0.1) is 11.7 Å². The van der Waals surface area contributed by atoms with Crippen molar-refractivity contribution in [2.45, 2.75) is 101 Å². The number of carbonyl (C=O) groups excluding carboxylic acids is 4. The zero-order valence-electron chi connectivity index (χ0n) is 33.6. The van der Waals surface area contributed by atoms with Gasteiger partial charge in [-0.3, -0.25) is 28.9 Å². The summed E-state index contributed by atoms with van der Waals surface area (Å²) < 4.78 is 36.1. The highest BCUT2D eigenvalue weighted by atomic mass is 19.1. The summed E-state index contributed by atoms with van der Waals surface area (Å²) in [4.78, 5) is 72.7. The van der Waals surface area contributed by atoms with Crippen molar-refractivity contribution >= 4 is 34.4 Å². The summed E-state index contributed by atoms with van der Waals surface area (Å²) in [7, 11) is 0. The molecule has 1 aromatic heterocycles. The van der Waals surface area contributed by atoms with Crippen LogP contribution in [-0.2, 0) is 25.5 Å². The van der Waals surface area contributed by atoms with Crippen LogP contribution in [-0.4, -0.2) is 136 Å². The molecular weight excluding hydrogens is 761 g/mol. The van der Waals surface area contributed by atoms with Crippen molar-refractivity contribution < 1.29 is 32.7 Å². The van der Waals surface area contributed by atoms with Gasteiger partial charge in [-0.1, -0.05) is 43.5 Å². The van der Waals surface area contributed by atoms with Crippen molar-refractivity contribution in [1.29, 1.82) is 0 Å². The number of halogens is 2. The van der Waals surface area contributed by atoms with Crippen molar-refractivity contribution in [2.24, 2.45) is 5.92 Å². The third-order valence-corrected chi connectivity index (χ3v) is 13.1. The van der Waals surface area contributed by atoms with Gasteiger partial charge in [-0.25, -0.2) is 13.9 Å². The fraction of sp³-hybridized carbons (Fsp3) is 0.591. The van der Waals surface area contributed by atoms with Crippen molar-refractivity contribution in [2.75, 3.05) is 58.9 Å². The number of piperidine rings is 2. The first kappa shape index (κ1) is 41.0. The Hall–Kier alpha value is -4.76. The number of amides is 4. The zero-order valence-corrected chi connectivity index (χ0v) is 33.6. The number of likely N-dealkylation sites (tertiary alicyclic amines) is 2. The second kappa shape index (κ2) is 17.8. The minimum Gasteiger partial charge on any atom is -0.375 e. The molecule has 3 saturated heterocycles. The summed E-state index contributed by atoms with van der Waals surface area (Å²) in [6.45, 7) is 4.16. The number of rotatable bonds is 11. The van der Waals surface area contributed by atoms with Gasteiger partial charge in [0, 0.05) is 64.2 Å². The second-order valence-corrected chi connectivity index (χ2v) is 17.2. The molecule has 0 bridgehead atoms. The van der Waals surface area contributed by atoms with E-state index in [1.165, 1.54) is 6.07 Å². The van der Waals surface area contributed by atoms with Gasteiger partial charge in [0.05, 0.1) is 35.4 Å². The van der Waals surface area contributed by atoms with E-state index in [9.17, 15) is 28.4 Å². The first-order valence-corrected chi connectivity index (χ1v) is 21.5. The van der Waals surface area contributed by atoms with Crippen molar-refractivity contribution in [3.63, 3.8) is 0 Å². The number of aromatic amines is 1. The normalized spacial score (nSPS) is 21.4. The molecule has 3 aliphatic heterocycles. The van der Waals surface area contributed by atoms with E-state index in [4.69, 9.17) is 4.74 Å². The fourth-order valence-electron chi connectivity index (χ4n) is 9.31. The molecule has 8 rings (SSSR count). The quantitative estimate of drug-likeness (QED) is 0.296. The fourth-order valence-corrected chi connectivity index (χ4v) is 9.31. The summed E-state index contributed by atoms with van der Waals surface area (Å²) in [6.07, 6.45) is 8.79. The van der Waals surface area contributed by atoms with Gasteiger partial charge in [0.2, 0.25) is 11.8 Å². The highest BCUT2D eigenvalue weighted by molar-refractivity contribution is 5.95. The molecule has 13 nitrogen and oxygen atoms in total. The minimum absolute atomic E-state index is 0.00356. The molecule has 316 valence electrons. The van der Waals surface area contributed by atoms with Crippen molar-refractivity contribution in [3.05, 3.63) is 75.5 Å². The summed E-state index contributed by atoms with van der Waals surface area (Å²) >= 11 is 0. The molecule has 15 heteroatoms. The summed E-state index contributed by atoms with van der Waals surface area (Å²) in [5, 5.41) is 10.8. The molecule has 0 radical (unpaired) electrons. The van der Waals surface area contributed by atoms with E-state index in [0.29, 0.717) is 80.6 Å². The molecule has 2 N–H and O–H groups in total. The molecule has 2 aromatic carbocycles. The van der Waals surface area contributed by atoms with E-state index in [-0.39, 0.29) is 60.4 Å². The van der Waals surface area contributed by atoms with Crippen LogP contribution in [0.15, 0.2) is 47.3 Å². The van der Waals surface area contributed by atoms with Gasteiger partial charge >= 0.3 is 0 Å². The summed E-state index contributed by atoms with van der Waals surface area (Å²) in [6, 6.07) is 10.9. The highest BCUT2D eigenvalue weighted by Crippen LogP contribution is 2.40. The smallest absolute Gasteiger partial charge is 0.272 e. The average Bonchev–Trinajstić information content (AvgIpc) is 4.03. The number of aromatic nitrogens is 2. The molecule has 1 atom stereocenters. The first-order chi connectivity index (χ1) is 28.5. The van der Waals surface area contributed by atoms with Crippen LogP contribution in [0.4, 0.5) is 8.78 Å². The molecule has 5 fully saturated rings. The number of benzene rings is 2. The van der Waals surface area contributed by atoms with E-state index in [0.717, 1.165) is 58.0 Å². The Balaban J connectivity index is 0.758. The average molecular weight is 816 g/mol. The van der Waals surface area contributed by atoms with Crippen LogP contribution in [0.2, 0.25) is 0 Å². The third-order valence-electron chi connectivity index (χ3n) is 13.1. The summed E-state index contributed by atoms with van der Waals surface area (Å²) in [5.41, 5.74) is -0.820. The monoisotopic (exact) mass is 815 g/mol. The van der Waals surface area contributed by atoms with Crippen LogP contribution in [0.5, 0.6) is 0 Å². The maximum absolute atomic E-state index is 15.0. The molecule has 4 amide bonds. The Kier molecular flexibility index (Phi) is 12.4. The minimum atomic E-state index is -1.81. The van der Waals surface area contributed by atoms with Gasteiger partial charge in [-0.05, 0) is 81.0 Å². The molecule has 59 heavy (non-hydrogen) atoms. The van der Waals surface area contributed by atoms with Crippen LogP contribution in [0.25, 0.3) is 10.8 Å². The van der Waals surface area contributed by atoms with Crippen LogP contribution < -0.4 is 10.9 Å². The second-order valence-electron chi connectivity index (χ2n) is 17.2. The number of piperazine rings is 1. The molecule has 3 aromatic rings. The number of nitrogens with zero attached hydrogens (tertiary/aromatic N) is 5. The van der Waals surface area contributed by atoms with E-state index in [2.05, 4.69) is 20.4 Å². The number of carbonyl (C=O) groups is 4. The first-order valence-electron chi connectivity index (χ1n) is 21.5. The number of alkyl halides is 1. The molecule has 4 heterocycles. The van der Waals surface area contributed by atoms with E-state index >= 15 is 4.39 Å². The number of fused-ring (bicyclic) bond motifs is 1. The van der Waals surface area contributed by atoms with Crippen molar-refractivity contribution in [1.82, 2.24) is 35.1 Å². The third kappa shape index (κ3) is 9.51. The molecule has 2 aliphatic carbocycles.